The number of halogens is 2. The number of ether oxygens (including phenoxy) is 1. The molecule has 8 heteroatoms. The number of aromatic nitrogens is 2. The second kappa shape index (κ2) is 9.19. The van der Waals surface area contributed by atoms with Crippen LogP contribution in [0.4, 0.5) is 5.69 Å². The Hall–Kier alpha value is -3.03. The number of hydrogen-bond acceptors (Lipinski definition) is 4. The van der Waals surface area contributed by atoms with Crippen LogP contribution in [0.5, 0.6) is 5.75 Å². The van der Waals surface area contributed by atoms with Gasteiger partial charge in [-0.1, -0.05) is 39.7 Å². The van der Waals surface area contributed by atoms with E-state index in [2.05, 4.69) is 26.3 Å². The number of rotatable bonds is 7. The van der Waals surface area contributed by atoms with E-state index < -0.39 is 0 Å². The summed E-state index contributed by atoms with van der Waals surface area (Å²) >= 11 is 9.49. The predicted octanol–water partition coefficient (Wildman–Crippen LogP) is 5.77. The van der Waals surface area contributed by atoms with Crippen LogP contribution in [-0.2, 0) is 13.2 Å². The smallest absolute Gasteiger partial charge is 0.291 e. The van der Waals surface area contributed by atoms with Crippen molar-refractivity contribution in [1.29, 1.82) is 0 Å². The summed E-state index contributed by atoms with van der Waals surface area (Å²) in [4.78, 5) is 12.5. The minimum absolute atomic E-state index is 0.161. The van der Waals surface area contributed by atoms with E-state index in [0.717, 1.165) is 10.0 Å². The van der Waals surface area contributed by atoms with Crippen molar-refractivity contribution < 1.29 is 13.9 Å². The molecule has 2 heterocycles. The molecule has 0 saturated carbocycles. The zero-order chi connectivity index (χ0) is 20.9. The highest BCUT2D eigenvalue weighted by Gasteiger charge is 2.13. The number of hydrogen-bond donors (Lipinski definition) is 1. The molecule has 1 amide bonds. The number of benzene rings is 2. The Morgan fingerprint density at radius 3 is 2.87 bits per heavy atom. The summed E-state index contributed by atoms with van der Waals surface area (Å²) in [6, 6.07) is 18.1. The lowest BCUT2D eigenvalue weighted by molar-refractivity contribution is 0.0992. The Morgan fingerprint density at radius 2 is 2.07 bits per heavy atom. The van der Waals surface area contributed by atoms with Gasteiger partial charge in [0, 0.05) is 22.6 Å². The number of nitrogens with one attached hydrogen (secondary N) is 1. The van der Waals surface area contributed by atoms with Crippen molar-refractivity contribution in [3.63, 3.8) is 0 Å². The highest BCUT2D eigenvalue weighted by molar-refractivity contribution is 9.10. The minimum atomic E-state index is -0.334. The van der Waals surface area contributed by atoms with Gasteiger partial charge in [-0.05, 0) is 54.1 Å². The molecule has 0 fully saturated rings. The summed E-state index contributed by atoms with van der Waals surface area (Å²) in [5.41, 5.74) is 1.71. The van der Waals surface area contributed by atoms with Gasteiger partial charge < -0.3 is 14.5 Å². The molecule has 6 nitrogen and oxygen atoms in total. The number of carbonyl (C=O) groups excluding carboxylic acids is 1. The van der Waals surface area contributed by atoms with E-state index in [1.807, 2.05) is 47.3 Å². The molecule has 30 heavy (non-hydrogen) atoms. The average molecular weight is 487 g/mol. The Bertz CT molecular complexity index is 1160. The van der Waals surface area contributed by atoms with E-state index in [1.165, 1.54) is 0 Å². The van der Waals surface area contributed by atoms with Gasteiger partial charge in [0.25, 0.3) is 5.91 Å². The van der Waals surface area contributed by atoms with Crippen LogP contribution in [0.15, 0.2) is 81.9 Å². The van der Waals surface area contributed by atoms with Crippen LogP contribution < -0.4 is 10.1 Å². The second-order valence-corrected chi connectivity index (χ2v) is 7.81. The molecule has 0 aliphatic rings. The van der Waals surface area contributed by atoms with E-state index in [4.69, 9.17) is 20.8 Å². The first-order chi connectivity index (χ1) is 14.6. The average Bonchev–Trinajstić information content (AvgIpc) is 3.40. The SMILES string of the molecule is O=C(Nc1cccc(Cn2cccn2)c1)c1ccc(COc2ccc(Br)cc2Cl)o1. The molecule has 0 saturated heterocycles. The van der Waals surface area contributed by atoms with Gasteiger partial charge in [0.2, 0.25) is 0 Å². The van der Waals surface area contributed by atoms with Gasteiger partial charge in [-0.15, -0.1) is 0 Å². The Morgan fingerprint density at radius 1 is 1.17 bits per heavy atom. The van der Waals surface area contributed by atoms with Crippen LogP contribution in [0, 0.1) is 0 Å². The lowest BCUT2D eigenvalue weighted by Crippen LogP contribution is -2.11. The number of furan rings is 1. The van der Waals surface area contributed by atoms with Gasteiger partial charge in [0.15, 0.2) is 5.76 Å². The van der Waals surface area contributed by atoms with Crippen LogP contribution >= 0.6 is 27.5 Å². The summed E-state index contributed by atoms with van der Waals surface area (Å²) in [5.74, 6) is 0.926. The van der Waals surface area contributed by atoms with Gasteiger partial charge in [0.05, 0.1) is 11.6 Å². The Labute approximate surface area is 186 Å². The maximum Gasteiger partial charge on any atom is 0.291 e. The van der Waals surface area contributed by atoms with Crippen molar-refractivity contribution in [3.8, 4) is 5.75 Å². The van der Waals surface area contributed by atoms with Crippen molar-refractivity contribution in [2.45, 2.75) is 13.2 Å². The van der Waals surface area contributed by atoms with Crippen LogP contribution in [0.3, 0.4) is 0 Å². The van der Waals surface area contributed by atoms with E-state index in [1.54, 1.807) is 30.5 Å². The Kier molecular flexibility index (Phi) is 6.21. The molecule has 2 aromatic heterocycles. The van der Waals surface area contributed by atoms with Crippen molar-refractivity contribution in [1.82, 2.24) is 9.78 Å². The van der Waals surface area contributed by atoms with Gasteiger partial charge in [-0.2, -0.15) is 5.10 Å². The highest BCUT2D eigenvalue weighted by atomic mass is 79.9. The van der Waals surface area contributed by atoms with Crippen molar-refractivity contribution in [3.05, 3.63) is 99.6 Å². The number of nitrogens with zero attached hydrogens (tertiary/aromatic N) is 2. The molecule has 0 spiro atoms. The topological polar surface area (TPSA) is 69.3 Å². The van der Waals surface area contributed by atoms with Crippen LogP contribution in [0.2, 0.25) is 5.02 Å². The standard InChI is InChI=1S/C22H17BrClN3O3/c23-16-5-7-20(19(24)12-16)29-14-18-6-8-21(30-18)22(28)26-17-4-1-3-15(11-17)13-27-10-2-9-25-27/h1-12H,13-14H2,(H,26,28). The first-order valence-electron chi connectivity index (χ1n) is 9.11. The van der Waals surface area contributed by atoms with Gasteiger partial charge in [0.1, 0.15) is 18.1 Å². The molecule has 4 aromatic rings. The fraction of sp³-hybridized carbons (Fsp3) is 0.0909. The fourth-order valence-electron chi connectivity index (χ4n) is 2.84. The first kappa shape index (κ1) is 20.3. The Balaban J connectivity index is 1.37. The second-order valence-electron chi connectivity index (χ2n) is 6.49. The van der Waals surface area contributed by atoms with E-state index >= 15 is 0 Å². The molecule has 2 aromatic carbocycles. The first-order valence-corrected chi connectivity index (χ1v) is 10.3. The molecule has 1 N–H and O–H groups in total. The van der Waals surface area contributed by atoms with E-state index in [-0.39, 0.29) is 18.3 Å². The molecule has 0 atom stereocenters. The van der Waals surface area contributed by atoms with Crippen LogP contribution in [-0.4, -0.2) is 15.7 Å². The highest BCUT2D eigenvalue weighted by Crippen LogP contribution is 2.28. The van der Waals surface area contributed by atoms with Crippen molar-refractivity contribution >= 4 is 39.1 Å². The molecule has 152 valence electrons. The molecular formula is C22H17BrClN3O3. The van der Waals surface area contributed by atoms with Crippen LogP contribution in [0.25, 0.3) is 0 Å². The zero-order valence-corrected chi connectivity index (χ0v) is 18.1. The summed E-state index contributed by atoms with van der Waals surface area (Å²) < 4.78 is 14.0. The third-order valence-corrected chi connectivity index (χ3v) is 5.03. The zero-order valence-electron chi connectivity index (χ0n) is 15.7. The predicted molar refractivity (Wildman–Crippen MR) is 118 cm³/mol. The minimum Gasteiger partial charge on any atom is -0.484 e. The summed E-state index contributed by atoms with van der Waals surface area (Å²) in [5, 5.41) is 7.53. The molecule has 0 radical (unpaired) electrons. The van der Waals surface area contributed by atoms with Gasteiger partial charge >= 0.3 is 0 Å². The number of carbonyl (C=O) groups is 1. The molecule has 4 rings (SSSR count). The molecular weight excluding hydrogens is 470 g/mol. The van der Waals surface area contributed by atoms with Gasteiger partial charge in [-0.3, -0.25) is 9.48 Å². The monoisotopic (exact) mass is 485 g/mol. The lowest BCUT2D eigenvalue weighted by atomic mass is 10.2. The maximum atomic E-state index is 12.5. The third kappa shape index (κ3) is 5.11. The quantitative estimate of drug-likeness (QED) is 0.360. The maximum absolute atomic E-state index is 12.5. The van der Waals surface area contributed by atoms with Gasteiger partial charge in [-0.25, -0.2) is 0 Å². The normalized spacial score (nSPS) is 10.7. The lowest BCUT2D eigenvalue weighted by Gasteiger charge is -2.07. The summed E-state index contributed by atoms with van der Waals surface area (Å²) in [7, 11) is 0. The number of anilines is 1. The van der Waals surface area contributed by atoms with Crippen molar-refractivity contribution in [2.75, 3.05) is 5.32 Å². The molecule has 0 aliphatic heterocycles. The van der Waals surface area contributed by atoms with Crippen LogP contribution in [0.1, 0.15) is 21.9 Å². The third-order valence-electron chi connectivity index (χ3n) is 4.24. The summed E-state index contributed by atoms with van der Waals surface area (Å²) in [6.45, 7) is 0.783. The largest absolute Gasteiger partial charge is 0.484 e. The molecule has 0 aliphatic carbocycles. The summed E-state index contributed by atoms with van der Waals surface area (Å²) in [6.07, 6.45) is 3.62. The van der Waals surface area contributed by atoms with Crippen molar-refractivity contribution in [2.24, 2.45) is 0 Å². The molecule has 0 unspecified atom stereocenters. The fourth-order valence-corrected chi connectivity index (χ4v) is 3.57. The van der Waals surface area contributed by atoms with E-state index in [9.17, 15) is 4.79 Å². The number of amides is 1. The van der Waals surface area contributed by atoms with E-state index in [0.29, 0.717) is 28.8 Å². The molecule has 0 bridgehead atoms.